The summed E-state index contributed by atoms with van der Waals surface area (Å²) in [5.41, 5.74) is -1.12. The Hall–Kier alpha value is -2.28. The van der Waals surface area contributed by atoms with E-state index in [2.05, 4.69) is 5.32 Å². The van der Waals surface area contributed by atoms with Gasteiger partial charge in [0.25, 0.3) is 0 Å². The number of halogens is 4. The van der Waals surface area contributed by atoms with Crippen LogP contribution in [0.25, 0.3) is 0 Å². The molecule has 0 atom stereocenters. The number of hydrogen-bond acceptors (Lipinski definition) is 3. The molecule has 1 N–H and O–H groups in total. The van der Waals surface area contributed by atoms with Crippen LogP contribution in [0, 0.1) is 0 Å². The van der Waals surface area contributed by atoms with E-state index >= 15 is 17.6 Å². The molecule has 2 aromatic rings. The molecule has 0 saturated carbocycles. The lowest BCUT2D eigenvalue weighted by Crippen LogP contribution is -2.35. The largest absolute Gasteiger partial charge is 0.494 e. The highest BCUT2D eigenvalue weighted by molar-refractivity contribution is 5.54. The van der Waals surface area contributed by atoms with Gasteiger partial charge in [-0.25, -0.2) is 0 Å². The zero-order valence-electron chi connectivity index (χ0n) is 16.0. The molecule has 3 nitrogen and oxygen atoms in total. The first-order chi connectivity index (χ1) is 13.3. The number of alkyl halides is 4. The fraction of sp³-hybridized carbons (Fsp3) is 0.429. The summed E-state index contributed by atoms with van der Waals surface area (Å²) in [6.07, 6.45) is 0. The Labute approximate surface area is 161 Å². The SMILES string of the molecule is CCOc1ccc2c(c1)C(CNC)c1cc(OCC)ccc1C(F)(F)C2(F)F. The standard InChI is InChI=1S/C21H23F4NO2/c1-4-27-13-6-8-18-15(10-13)17(12-26-3)16-11-14(28-5-2)7-9-19(16)21(24,25)20(18,22)23/h6-11,17,26H,4-5,12H2,1-3H3. The number of benzene rings is 2. The quantitative estimate of drug-likeness (QED) is 0.694. The van der Waals surface area contributed by atoms with Crippen molar-refractivity contribution in [3.05, 3.63) is 58.7 Å². The van der Waals surface area contributed by atoms with Crippen molar-refractivity contribution in [2.24, 2.45) is 0 Å². The van der Waals surface area contributed by atoms with Crippen LogP contribution < -0.4 is 14.8 Å². The minimum absolute atomic E-state index is 0.123. The Balaban J connectivity index is 2.33. The van der Waals surface area contributed by atoms with E-state index in [-0.39, 0.29) is 17.7 Å². The third-order valence-corrected chi connectivity index (χ3v) is 4.90. The molecule has 0 aliphatic heterocycles. The molecule has 0 unspecified atom stereocenters. The van der Waals surface area contributed by atoms with Crippen LogP contribution in [0.4, 0.5) is 17.6 Å². The van der Waals surface area contributed by atoms with Gasteiger partial charge in [-0.05, 0) is 68.4 Å². The van der Waals surface area contributed by atoms with Gasteiger partial charge in [0.2, 0.25) is 0 Å². The minimum atomic E-state index is -4.36. The van der Waals surface area contributed by atoms with Crippen molar-refractivity contribution in [3.8, 4) is 11.5 Å². The maximum atomic E-state index is 15.1. The first kappa shape index (κ1) is 20.5. The summed E-state index contributed by atoms with van der Waals surface area (Å²) in [7, 11) is 1.65. The second kappa shape index (κ2) is 7.62. The molecule has 0 spiro atoms. The normalized spacial score (nSPS) is 17.4. The van der Waals surface area contributed by atoms with Gasteiger partial charge in [-0.15, -0.1) is 0 Å². The average Bonchev–Trinajstić information content (AvgIpc) is 2.70. The van der Waals surface area contributed by atoms with E-state index in [1.807, 2.05) is 0 Å². The molecule has 7 heteroatoms. The Bertz CT molecular complexity index is 787. The van der Waals surface area contributed by atoms with E-state index < -0.39 is 28.9 Å². The van der Waals surface area contributed by atoms with Crippen molar-refractivity contribution in [1.29, 1.82) is 0 Å². The second-order valence-electron chi connectivity index (χ2n) is 6.62. The highest BCUT2D eigenvalue weighted by Gasteiger charge is 2.62. The van der Waals surface area contributed by atoms with Gasteiger partial charge >= 0.3 is 11.8 Å². The smallest absolute Gasteiger partial charge is 0.340 e. The van der Waals surface area contributed by atoms with E-state index in [1.54, 1.807) is 20.9 Å². The van der Waals surface area contributed by atoms with Gasteiger partial charge in [0.05, 0.1) is 13.2 Å². The maximum Gasteiger partial charge on any atom is 0.340 e. The molecular weight excluding hydrogens is 374 g/mol. The van der Waals surface area contributed by atoms with Crippen LogP contribution in [-0.2, 0) is 11.8 Å². The van der Waals surface area contributed by atoms with E-state index in [0.717, 1.165) is 12.1 Å². The van der Waals surface area contributed by atoms with Crippen LogP contribution in [0.3, 0.4) is 0 Å². The van der Waals surface area contributed by atoms with Crippen molar-refractivity contribution in [3.63, 3.8) is 0 Å². The van der Waals surface area contributed by atoms with Gasteiger partial charge in [-0.3, -0.25) is 0 Å². The molecule has 152 valence electrons. The molecule has 0 radical (unpaired) electrons. The highest BCUT2D eigenvalue weighted by Crippen LogP contribution is 2.56. The topological polar surface area (TPSA) is 30.5 Å². The molecule has 1 aliphatic carbocycles. The lowest BCUT2D eigenvalue weighted by Gasteiger charge is -2.27. The predicted octanol–water partition coefficient (Wildman–Crippen LogP) is 5.03. The summed E-state index contributed by atoms with van der Waals surface area (Å²) in [5, 5.41) is 2.93. The maximum absolute atomic E-state index is 15.1. The van der Waals surface area contributed by atoms with Gasteiger partial charge in [-0.2, -0.15) is 17.6 Å². The van der Waals surface area contributed by atoms with Crippen LogP contribution in [-0.4, -0.2) is 26.8 Å². The summed E-state index contributed by atoms with van der Waals surface area (Å²) >= 11 is 0. The average molecular weight is 397 g/mol. The Morgan fingerprint density at radius 3 is 1.61 bits per heavy atom. The second-order valence-corrected chi connectivity index (χ2v) is 6.62. The van der Waals surface area contributed by atoms with Gasteiger partial charge in [0, 0.05) is 23.6 Å². The predicted molar refractivity (Wildman–Crippen MR) is 98.8 cm³/mol. The molecule has 0 fully saturated rings. The Kier molecular flexibility index (Phi) is 5.57. The first-order valence-corrected chi connectivity index (χ1v) is 9.22. The lowest BCUT2D eigenvalue weighted by molar-refractivity contribution is -0.223. The summed E-state index contributed by atoms with van der Waals surface area (Å²) in [5.74, 6) is -8.71. The molecule has 0 bridgehead atoms. The van der Waals surface area contributed by atoms with Crippen molar-refractivity contribution in [2.75, 3.05) is 26.8 Å². The molecule has 2 aromatic carbocycles. The number of rotatable bonds is 6. The summed E-state index contributed by atoms with van der Waals surface area (Å²) in [6, 6.07) is 7.59. The molecule has 0 aromatic heterocycles. The molecule has 0 saturated heterocycles. The number of ether oxygens (including phenoxy) is 2. The summed E-state index contributed by atoms with van der Waals surface area (Å²) in [6.45, 7) is 4.42. The number of hydrogen-bond donors (Lipinski definition) is 1. The van der Waals surface area contributed by atoms with Crippen LogP contribution in [0.15, 0.2) is 36.4 Å². The number of nitrogens with one attached hydrogen (secondary N) is 1. The van der Waals surface area contributed by atoms with Gasteiger partial charge < -0.3 is 14.8 Å². The van der Waals surface area contributed by atoms with Crippen LogP contribution in [0.5, 0.6) is 11.5 Å². The molecular formula is C21H23F4NO2. The number of likely N-dealkylation sites (N-methyl/N-ethyl adjacent to an activating group) is 1. The van der Waals surface area contributed by atoms with Crippen molar-refractivity contribution < 1.29 is 27.0 Å². The number of fused-ring (bicyclic) bond motifs is 2. The van der Waals surface area contributed by atoms with E-state index in [0.29, 0.717) is 24.7 Å². The Morgan fingerprint density at radius 2 is 1.25 bits per heavy atom. The summed E-state index contributed by atoms with van der Waals surface area (Å²) in [4.78, 5) is 0. The van der Waals surface area contributed by atoms with Crippen molar-refractivity contribution in [2.45, 2.75) is 31.6 Å². The third-order valence-electron chi connectivity index (χ3n) is 4.90. The molecule has 28 heavy (non-hydrogen) atoms. The van der Waals surface area contributed by atoms with Crippen LogP contribution in [0.1, 0.15) is 42.0 Å². The molecule has 0 amide bonds. The molecule has 1 aliphatic rings. The van der Waals surface area contributed by atoms with Crippen molar-refractivity contribution in [1.82, 2.24) is 5.32 Å². The van der Waals surface area contributed by atoms with E-state index in [9.17, 15) is 0 Å². The van der Waals surface area contributed by atoms with Gasteiger partial charge in [-0.1, -0.05) is 0 Å². The lowest BCUT2D eigenvalue weighted by atomic mass is 9.87. The molecule has 3 rings (SSSR count). The Morgan fingerprint density at radius 1 is 0.821 bits per heavy atom. The highest BCUT2D eigenvalue weighted by atomic mass is 19.3. The molecule has 0 heterocycles. The monoisotopic (exact) mass is 397 g/mol. The van der Waals surface area contributed by atoms with Gasteiger partial charge in [0.1, 0.15) is 11.5 Å². The van der Waals surface area contributed by atoms with E-state index in [4.69, 9.17) is 9.47 Å². The minimum Gasteiger partial charge on any atom is -0.494 e. The van der Waals surface area contributed by atoms with Gasteiger partial charge in [0.15, 0.2) is 0 Å². The zero-order valence-corrected chi connectivity index (χ0v) is 16.0. The summed E-state index contributed by atoms with van der Waals surface area (Å²) < 4.78 is 71.1. The zero-order chi connectivity index (χ0) is 20.5. The fourth-order valence-corrected chi connectivity index (χ4v) is 3.67. The third kappa shape index (κ3) is 3.21. The first-order valence-electron chi connectivity index (χ1n) is 9.22. The van der Waals surface area contributed by atoms with Crippen LogP contribution >= 0.6 is 0 Å². The van der Waals surface area contributed by atoms with Crippen LogP contribution in [0.2, 0.25) is 0 Å². The van der Waals surface area contributed by atoms with E-state index in [1.165, 1.54) is 24.3 Å². The van der Waals surface area contributed by atoms with Crippen molar-refractivity contribution >= 4 is 0 Å². The fourth-order valence-electron chi connectivity index (χ4n) is 3.67.